The average molecular weight is 546 g/mol. The summed E-state index contributed by atoms with van der Waals surface area (Å²) in [6, 6.07) is 17.1. The van der Waals surface area contributed by atoms with Crippen LogP contribution < -0.4 is 0 Å². The van der Waals surface area contributed by atoms with Gasteiger partial charge in [-0.1, -0.05) is 52.8 Å². The second kappa shape index (κ2) is 11.5. The van der Waals surface area contributed by atoms with Crippen LogP contribution in [0.1, 0.15) is 74.1 Å². The summed E-state index contributed by atoms with van der Waals surface area (Å²) < 4.78 is 11.2. The van der Waals surface area contributed by atoms with E-state index >= 15 is 0 Å². The Morgan fingerprint density at radius 2 is 1.77 bits per heavy atom. The highest BCUT2D eigenvalue weighted by Crippen LogP contribution is 2.33. The Balaban J connectivity index is 1.33. The number of hydrogen-bond donors (Lipinski definition) is 0. The molecule has 2 aliphatic heterocycles. The van der Waals surface area contributed by atoms with Crippen LogP contribution in [0.15, 0.2) is 64.3 Å². The van der Waals surface area contributed by atoms with Gasteiger partial charge in [0.05, 0.1) is 18.2 Å². The molecule has 1 aromatic heterocycles. The van der Waals surface area contributed by atoms with Crippen molar-refractivity contribution in [1.82, 2.24) is 19.9 Å². The van der Waals surface area contributed by atoms with Crippen LogP contribution in [0.2, 0.25) is 0 Å². The van der Waals surface area contributed by atoms with Crippen molar-refractivity contribution in [3.8, 4) is 11.1 Å². The highest BCUT2D eigenvalue weighted by atomic mass is 16.6. The summed E-state index contributed by atoms with van der Waals surface area (Å²) in [4.78, 5) is 39.4. The summed E-state index contributed by atoms with van der Waals surface area (Å²) in [6.45, 7) is 6.92. The molecule has 5 rings (SSSR count). The maximum absolute atomic E-state index is 13.7. The number of aromatic nitrogens is 2. The fraction of sp³-hybridized carbons (Fsp3) is 0.433. The molecule has 210 valence electrons. The van der Waals surface area contributed by atoms with Crippen LogP contribution in [-0.2, 0) is 9.57 Å². The third-order valence-corrected chi connectivity index (χ3v) is 7.06. The van der Waals surface area contributed by atoms with Gasteiger partial charge in [0.1, 0.15) is 18.8 Å². The number of rotatable bonds is 5. The standard InChI is InChI=1S/C30H35N5O5/c1-30(2,3)39-29(37)34-16-8-11-23(18-34)27-31-26(33-40-27)25-17-24(32-38-4)19-35(25)28(36)22-14-12-21(13-15-22)20-9-6-5-7-10-20/h5-7,9-10,12-15,23,25H,8,11,16-19H2,1-4H3/t23-,25+/m1/s1. The minimum atomic E-state index is -0.566. The molecule has 0 aliphatic carbocycles. The monoisotopic (exact) mass is 545 g/mol. The summed E-state index contributed by atoms with van der Waals surface area (Å²) in [5.41, 5.74) is 2.84. The predicted octanol–water partition coefficient (Wildman–Crippen LogP) is 5.44. The van der Waals surface area contributed by atoms with Gasteiger partial charge in [0, 0.05) is 25.1 Å². The Labute approximate surface area is 233 Å². The van der Waals surface area contributed by atoms with Crippen molar-refractivity contribution >= 4 is 17.7 Å². The molecule has 0 bridgehead atoms. The van der Waals surface area contributed by atoms with E-state index in [0.717, 1.165) is 29.7 Å². The Bertz CT molecular complexity index is 1360. The summed E-state index contributed by atoms with van der Waals surface area (Å²) in [7, 11) is 1.49. The molecule has 0 radical (unpaired) electrons. The molecule has 2 fully saturated rings. The molecular formula is C30H35N5O5. The molecule has 40 heavy (non-hydrogen) atoms. The van der Waals surface area contributed by atoms with Crippen LogP contribution in [0.4, 0.5) is 4.79 Å². The predicted molar refractivity (Wildman–Crippen MR) is 149 cm³/mol. The zero-order valence-electron chi connectivity index (χ0n) is 23.4. The fourth-order valence-corrected chi connectivity index (χ4v) is 5.17. The molecule has 2 aliphatic rings. The third kappa shape index (κ3) is 6.16. The van der Waals surface area contributed by atoms with Gasteiger partial charge in [-0.25, -0.2) is 4.79 Å². The van der Waals surface area contributed by atoms with E-state index < -0.39 is 11.6 Å². The van der Waals surface area contributed by atoms with Gasteiger partial charge in [-0.3, -0.25) is 4.79 Å². The van der Waals surface area contributed by atoms with E-state index in [4.69, 9.17) is 19.1 Å². The molecule has 2 saturated heterocycles. The van der Waals surface area contributed by atoms with E-state index in [1.54, 1.807) is 9.80 Å². The number of ether oxygens (including phenoxy) is 1. The van der Waals surface area contributed by atoms with E-state index in [-0.39, 0.29) is 17.9 Å². The van der Waals surface area contributed by atoms with Gasteiger partial charge in [0.2, 0.25) is 5.89 Å². The van der Waals surface area contributed by atoms with E-state index in [1.807, 2.05) is 75.4 Å². The van der Waals surface area contributed by atoms with Crippen LogP contribution in [0.3, 0.4) is 0 Å². The highest BCUT2D eigenvalue weighted by molar-refractivity contribution is 6.00. The van der Waals surface area contributed by atoms with Crippen LogP contribution in [0.5, 0.6) is 0 Å². The summed E-state index contributed by atoms with van der Waals surface area (Å²) in [6.07, 6.45) is 1.72. The van der Waals surface area contributed by atoms with E-state index in [9.17, 15) is 9.59 Å². The molecule has 2 amide bonds. The number of piperidine rings is 1. The zero-order chi connectivity index (χ0) is 28.3. The van der Waals surface area contributed by atoms with Crippen LogP contribution in [0, 0.1) is 0 Å². The third-order valence-electron chi connectivity index (χ3n) is 7.06. The molecule has 10 nitrogen and oxygen atoms in total. The van der Waals surface area contributed by atoms with Crippen LogP contribution in [-0.4, -0.2) is 70.0 Å². The summed E-state index contributed by atoms with van der Waals surface area (Å²) in [5.74, 6) is 0.622. The van der Waals surface area contributed by atoms with Crippen molar-refractivity contribution < 1.29 is 23.7 Å². The number of carbonyl (C=O) groups is 2. The maximum Gasteiger partial charge on any atom is 0.410 e. The first-order valence-electron chi connectivity index (χ1n) is 13.6. The number of carbonyl (C=O) groups excluding carboxylic acids is 2. The topological polar surface area (TPSA) is 110 Å². The minimum Gasteiger partial charge on any atom is -0.444 e. The van der Waals surface area contributed by atoms with Gasteiger partial charge in [0.25, 0.3) is 5.91 Å². The van der Waals surface area contributed by atoms with E-state index in [1.165, 1.54) is 7.11 Å². The first kappa shape index (κ1) is 27.4. The lowest BCUT2D eigenvalue weighted by Gasteiger charge is -2.32. The molecule has 0 spiro atoms. The maximum atomic E-state index is 13.7. The number of likely N-dealkylation sites (tertiary alicyclic amines) is 2. The number of hydrogen-bond acceptors (Lipinski definition) is 8. The van der Waals surface area contributed by atoms with Crippen molar-refractivity contribution in [3.63, 3.8) is 0 Å². The molecular weight excluding hydrogens is 510 g/mol. The van der Waals surface area contributed by atoms with Gasteiger partial charge >= 0.3 is 6.09 Å². The molecule has 10 heteroatoms. The zero-order valence-corrected chi connectivity index (χ0v) is 23.4. The smallest absolute Gasteiger partial charge is 0.410 e. The Morgan fingerprint density at radius 1 is 1.05 bits per heavy atom. The van der Waals surface area contributed by atoms with Gasteiger partial charge in [0.15, 0.2) is 5.82 Å². The van der Waals surface area contributed by atoms with Crippen molar-refractivity contribution in [2.75, 3.05) is 26.7 Å². The Hall–Kier alpha value is -4.21. The fourth-order valence-electron chi connectivity index (χ4n) is 5.17. The minimum absolute atomic E-state index is 0.106. The summed E-state index contributed by atoms with van der Waals surface area (Å²) >= 11 is 0. The lowest BCUT2D eigenvalue weighted by molar-refractivity contribution is 0.0188. The van der Waals surface area contributed by atoms with Crippen LogP contribution >= 0.6 is 0 Å². The van der Waals surface area contributed by atoms with Crippen LogP contribution in [0.25, 0.3) is 11.1 Å². The van der Waals surface area contributed by atoms with Crippen molar-refractivity contribution in [3.05, 3.63) is 71.9 Å². The Morgan fingerprint density at radius 3 is 2.48 bits per heavy atom. The lowest BCUT2D eigenvalue weighted by atomic mass is 9.98. The first-order chi connectivity index (χ1) is 19.2. The SMILES string of the molecule is CON=C1C[C@@H](c2noc([C@@H]3CCCN(C(=O)OC(C)(C)C)C3)n2)N(C(=O)c2ccc(-c3ccccc3)cc2)C1. The molecule has 2 atom stereocenters. The first-order valence-corrected chi connectivity index (χ1v) is 13.6. The van der Waals surface area contributed by atoms with Crippen molar-refractivity contribution in [2.24, 2.45) is 5.16 Å². The second-order valence-electron chi connectivity index (χ2n) is 11.2. The Kier molecular flexibility index (Phi) is 7.86. The van der Waals surface area contributed by atoms with Gasteiger partial charge in [-0.05, 0) is 56.9 Å². The largest absolute Gasteiger partial charge is 0.444 e. The quantitative estimate of drug-likeness (QED) is 0.393. The highest BCUT2D eigenvalue weighted by Gasteiger charge is 2.39. The van der Waals surface area contributed by atoms with Crippen molar-refractivity contribution in [1.29, 1.82) is 0 Å². The number of nitrogens with zero attached hydrogens (tertiary/aromatic N) is 5. The van der Waals surface area contributed by atoms with Crippen molar-refractivity contribution in [2.45, 2.75) is 57.6 Å². The number of benzene rings is 2. The van der Waals surface area contributed by atoms with E-state index in [2.05, 4.69) is 10.3 Å². The second-order valence-corrected chi connectivity index (χ2v) is 11.2. The molecule has 0 unspecified atom stereocenters. The molecule has 0 saturated carbocycles. The van der Waals surface area contributed by atoms with Gasteiger partial charge in [-0.2, -0.15) is 4.98 Å². The van der Waals surface area contributed by atoms with E-state index in [0.29, 0.717) is 43.3 Å². The number of amides is 2. The molecule has 2 aromatic carbocycles. The molecule has 0 N–H and O–H groups in total. The lowest BCUT2D eigenvalue weighted by Crippen LogP contribution is -2.42. The molecule has 3 heterocycles. The molecule has 3 aromatic rings. The number of oxime groups is 1. The summed E-state index contributed by atoms with van der Waals surface area (Å²) in [5, 5.41) is 8.38. The normalized spacial score (nSPS) is 20.6. The van der Waals surface area contributed by atoms with Gasteiger partial charge in [-0.15, -0.1) is 0 Å². The van der Waals surface area contributed by atoms with Gasteiger partial charge < -0.3 is 23.9 Å². The average Bonchev–Trinajstić information content (AvgIpc) is 3.60.